The van der Waals surface area contributed by atoms with Gasteiger partial charge in [-0.3, -0.25) is 14.4 Å². The SMILES string of the molecule is CCn1cc(NC(=O)c2cc(NC(=O)c3sc4ccccc4c3Cl)cn2C)cc1C(=O)NCCN1CCCCC1. The third-order valence-corrected chi connectivity index (χ3v) is 8.80. The van der Waals surface area contributed by atoms with Crippen molar-refractivity contribution in [3.05, 3.63) is 70.1 Å². The maximum Gasteiger partial charge on any atom is 0.272 e. The fourth-order valence-electron chi connectivity index (χ4n) is 5.03. The van der Waals surface area contributed by atoms with E-state index < -0.39 is 0 Å². The van der Waals surface area contributed by atoms with E-state index in [4.69, 9.17) is 11.6 Å². The van der Waals surface area contributed by atoms with Crippen LogP contribution in [0.25, 0.3) is 10.1 Å². The van der Waals surface area contributed by atoms with E-state index in [0.717, 1.165) is 29.7 Å². The van der Waals surface area contributed by atoms with Crippen LogP contribution in [0.2, 0.25) is 5.02 Å². The third-order valence-electron chi connectivity index (χ3n) is 7.13. The molecule has 5 rings (SSSR count). The Morgan fingerprint density at radius 1 is 0.925 bits per heavy atom. The summed E-state index contributed by atoms with van der Waals surface area (Å²) in [7, 11) is 1.73. The average Bonchev–Trinajstić information content (AvgIpc) is 3.64. The number of aromatic nitrogens is 2. The van der Waals surface area contributed by atoms with Crippen LogP contribution in [-0.4, -0.2) is 57.9 Å². The van der Waals surface area contributed by atoms with Crippen molar-refractivity contribution >= 4 is 62.1 Å². The van der Waals surface area contributed by atoms with Gasteiger partial charge in [0, 0.05) is 49.2 Å². The summed E-state index contributed by atoms with van der Waals surface area (Å²) in [6.07, 6.45) is 7.14. The number of carbonyl (C=O) groups excluding carboxylic acids is 3. The summed E-state index contributed by atoms with van der Waals surface area (Å²) in [6, 6.07) is 10.9. The van der Waals surface area contributed by atoms with Crippen LogP contribution in [0.3, 0.4) is 0 Å². The summed E-state index contributed by atoms with van der Waals surface area (Å²) in [5.74, 6) is -0.851. The highest BCUT2D eigenvalue weighted by molar-refractivity contribution is 7.21. The summed E-state index contributed by atoms with van der Waals surface area (Å²) in [5.41, 5.74) is 1.86. The van der Waals surface area contributed by atoms with Gasteiger partial charge >= 0.3 is 0 Å². The summed E-state index contributed by atoms with van der Waals surface area (Å²) in [4.78, 5) is 41.7. The molecule has 1 fully saturated rings. The Morgan fingerprint density at radius 3 is 2.38 bits per heavy atom. The van der Waals surface area contributed by atoms with Gasteiger partial charge in [-0.15, -0.1) is 11.3 Å². The zero-order valence-corrected chi connectivity index (χ0v) is 24.2. The quantitative estimate of drug-likeness (QED) is 0.246. The van der Waals surface area contributed by atoms with E-state index in [9.17, 15) is 14.4 Å². The molecular weight excluding hydrogens is 548 g/mol. The number of nitrogens with one attached hydrogen (secondary N) is 3. The number of likely N-dealkylation sites (tertiary alicyclic amines) is 1. The number of fused-ring (bicyclic) bond motifs is 1. The van der Waals surface area contributed by atoms with Crippen LogP contribution in [0.4, 0.5) is 11.4 Å². The van der Waals surface area contributed by atoms with Gasteiger partial charge < -0.3 is 30.0 Å². The van der Waals surface area contributed by atoms with E-state index >= 15 is 0 Å². The predicted molar refractivity (Wildman–Crippen MR) is 161 cm³/mol. The number of hydrogen-bond acceptors (Lipinski definition) is 5. The van der Waals surface area contributed by atoms with Gasteiger partial charge in [-0.25, -0.2) is 0 Å². The normalized spacial score (nSPS) is 13.9. The van der Waals surface area contributed by atoms with E-state index in [1.807, 2.05) is 35.8 Å². The largest absolute Gasteiger partial charge is 0.349 e. The molecule has 1 saturated heterocycles. The van der Waals surface area contributed by atoms with Crippen LogP contribution in [-0.2, 0) is 13.6 Å². The van der Waals surface area contributed by atoms with Gasteiger partial charge in [0.1, 0.15) is 16.3 Å². The highest BCUT2D eigenvalue weighted by Crippen LogP contribution is 2.35. The zero-order valence-electron chi connectivity index (χ0n) is 22.6. The lowest BCUT2D eigenvalue weighted by Crippen LogP contribution is -2.38. The van der Waals surface area contributed by atoms with Crippen LogP contribution in [0.5, 0.6) is 0 Å². The standard InChI is InChI=1S/C29H33ClN6O3S/c1-3-36-18-20(16-23(36)27(37)31-11-14-35-12-7-4-8-13-35)32-28(38)22-15-19(17-34(22)2)33-29(39)26-25(30)21-9-5-6-10-24(21)40-26/h5-6,9-10,15-18H,3-4,7-8,11-14H2,1-2H3,(H,31,37)(H,32,38)(H,33,39). The number of thiophene rings is 1. The molecule has 9 nitrogen and oxygen atoms in total. The molecule has 4 heterocycles. The van der Waals surface area contributed by atoms with Crippen LogP contribution in [0, 0.1) is 0 Å². The van der Waals surface area contributed by atoms with Crippen molar-refractivity contribution in [2.45, 2.75) is 32.7 Å². The molecule has 1 aliphatic heterocycles. The lowest BCUT2D eigenvalue weighted by Gasteiger charge is -2.26. The lowest BCUT2D eigenvalue weighted by atomic mass is 10.1. The van der Waals surface area contributed by atoms with Gasteiger partial charge in [-0.1, -0.05) is 36.2 Å². The van der Waals surface area contributed by atoms with E-state index in [0.29, 0.717) is 45.8 Å². The molecule has 0 spiro atoms. The van der Waals surface area contributed by atoms with Crippen molar-refractivity contribution in [2.75, 3.05) is 36.8 Å². The molecule has 40 heavy (non-hydrogen) atoms. The van der Waals surface area contributed by atoms with Crippen LogP contribution in [0.15, 0.2) is 48.8 Å². The highest BCUT2D eigenvalue weighted by atomic mass is 35.5. The number of benzene rings is 1. The predicted octanol–water partition coefficient (Wildman–Crippen LogP) is 5.43. The molecular formula is C29H33ClN6O3S. The molecule has 4 aromatic rings. The summed E-state index contributed by atoms with van der Waals surface area (Å²) in [6.45, 7) is 6.13. The number of anilines is 2. The first-order valence-electron chi connectivity index (χ1n) is 13.5. The van der Waals surface area contributed by atoms with Crippen LogP contribution in [0.1, 0.15) is 56.8 Å². The maximum absolute atomic E-state index is 13.1. The molecule has 0 radical (unpaired) electrons. The third kappa shape index (κ3) is 6.09. The second kappa shape index (κ2) is 12.3. The number of amides is 3. The molecule has 3 aromatic heterocycles. The second-order valence-electron chi connectivity index (χ2n) is 9.93. The van der Waals surface area contributed by atoms with Gasteiger partial charge in [0.15, 0.2) is 0 Å². The Hall–Kier alpha value is -3.60. The fourth-order valence-corrected chi connectivity index (χ4v) is 6.45. The molecule has 3 amide bonds. The van der Waals surface area contributed by atoms with E-state index in [1.54, 1.807) is 36.1 Å². The van der Waals surface area contributed by atoms with Crippen LogP contribution >= 0.6 is 22.9 Å². The summed E-state index contributed by atoms with van der Waals surface area (Å²) >= 11 is 7.78. The van der Waals surface area contributed by atoms with Gasteiger partial charge in [0.2, 0.25) is 0 Å². The first-order valence-corrected chi connectivity index (χ1v) is 14.7. The Labute approximate surface area is 242 Å². The highest BCUT2D eigenvalue weighted by Gasteiger charge is 2.20. The van der Waals surface area contributed by atoms with E-state index in [2.05, 4.69) is 20.9 Å². The molecule has 210 valence electrons. The second-order valence-corrected chi connectivity index (χ2v) is 11.4. The molecule has 11 heteroatoms. The van der Waals surface area contributed by atoms with Crippen molar-refractivity contribution in [3.8, 4) is 0 Å². The number of halogens is 1. The Balaban J connectivity index is 1.22. The average molecular weight is 581 g/mol. The van der Waals surface area contributed by atoms with Crippen molar-refractivity contribution in [3.63, 3.8) is 0 Å². The zero-order chi connectivity index (χ0) is 28.2. The Morgan fingerprint density at radius 2 is 1.62 bits per heavy atom. The number of carbonyl (C=O) groups is 3. The molecule has 1 aromatic carbocycles. The van der Waals surface area contributed by atoms with Gasteiger partial charge in [0.25, 0.3) is 17.7 Å². The Kier molecular flexibility index (Phi) is 8.58. The number of aryl methyl sites for hydroxylation is 2. The minimum Gasteiger partial charge on any atom is -0.349 e. The first-order chi connectivity index (χ1) is 19.3. The topological polar surface area (TPSA) is 100 Å². The number of rotatable bonds is 9. The minimum atomic E-state index is -0.354. The molecule has 0 bridgehead atoms. The molecule has 0 atom stereocenters. The number of hydrogen-bond donors (Lipinski definition) is 3. The van der Waals surface area contributed by atoms with Crippen molar-refractivity contribution in [2.24, 2.45) is 7.05 Å². The molecule has 1 aliphatic rings. The lowest BCUT2D eigenvalue weighted by molar-refractivity contribution is 0.0936. The first kappa shape index (κ1) is 27.9. The number of nitrogens with zero attached hydrogens (tertiary/aromatic N) is 3. The molecule has 0 aliphatic carbocycles. The monoisotopic (exact) mass is 580 g/mol. The van der Waals surface area contributed by atoms with Crippen molar-refractivity contribution in [1.29, 1.82) is 0 Å². The molecule has 0 unspecified atom stereocenters. The van der Waals surface area contributed by atoms with Gasteiger partial charge in [-0.05, 0) is 51.1 Å². The minimum absolute atomic E-state index is 0.164. The smallest absolute Gasteiger partial charge is 0.272 e. The Bertz CT molecular complexity index is 1550. The van der Waals surface area contributed by atoms with Crippen molar-refractivity contribution < 1.29 is 14.4 Å². The molecule has 3 N–H and O–H groups in total. The maximum atomic E-state index is 13.1. The fraction of sp³-hybridized carbons (Fsp3) is 0.345. The molecule has 0 saturated carbocycles. The van der Waals surface area contributed by atoms with Gasteiger partial charge in [0.05, 0.1) is 16.4 Å². The van der Waals surface area contributed by atoms with Gasteiger partial charge in [-0.2, -0.15) is 0 Å². The number of piperidine rings is 1. The summed E-state index contributed by atoms with van der Waals surface area (Å²) in [5, 5.41) is 9.99. The summed E-state index contributed by atoms with van der Waals surface area (Å²) < 4.78 is 4.39. The van der Waals surface area contributed by atoms with E-state index in [1.165, 1.54) is 30.6 Å². The van der Waals surface area contributed by atoms with E-state index in [-0.39, 0.29) is 17.7 Å². The van der Waals surface area contributed by atoms with Crippen molar-refractivity contribution in [1.82, 2.24) is 19.4 Å². The van der Waals surface area contributed by atoms with Crippen LogP contribution < -0.4 is 16.0 Å².